The highest BCUT2D eigenvalue weighted by molar-refractivity contribution is 7.91. The van der Waals surface area contributed by atoms with Gasteiger partial charge in [-0.05, 0) is 51.4 Å². The van der Waals surface area contributed by atoms with Crippen LogP contribution in [0.2, 0.25) is 0 Å². The number of carbonyl (C=O) groups is 3. The Labute approximate surface area is 182 Å². The third-order valence-corrected chi connectivity index (χ3v) is 8.83. The molecule has 172 valence electrons. The highest BCUT2D eigenvalue weighted by Crippen LogP contribution is 2.46. The van der Waals surface area contributed by atoms with Crippen LogP contribution < -0.4 is 10.0 Å². The van der Waals surface area contributed by atoms with Gasteiger partial charge in [-0.3, -0.25) is 19.1 Å². The van der Waals surface area contributed by atoms with Crippen LogP contribution in [-0.4, -0.2) is 66.6 Å². The van der Waals surface area contributed by atoms with E-state index in [2.05, 4.69) is 10.0 Å². The lowest BCUT2D eigenvalue weighted by Crippen LogP contribution is -2.54. The van der Waals surface area contributed by atoms with Gasteiger partial charge in [0.1, 0.15) is 5.54 Å². The number of carbonyl (C=O) groups excluding carboxylic acids is 3. The van der Waals surface area contributed by atoms with Gasteiger partial charge in [0.15, 0.2) is 0 Å². The van der Waals surface area contributed by atoms with Crippen LogP contribution >= 0.6 is 0 Å². The normalized spacial score (nSPS) is 36.8. The molecule has 0 aromatic heterocycles. The van der Waals surface area contributed by atoms with E-state index in [-0.39, 0.29) is 24.7 Å². The molecule has 3 aliphatic carbocycles. The van der Waals surface area contributed by atoms with Gasteiger partial charge in [0, 0.05) is 19.5 Å². The van der Waals surface area contributed by atoms with E-state index in [1.165, 1.54) is 0 Å². The Hall–Kier alpha value is -1.94. The lowest BCUT2D eigenvalue weighted by atomic mass is 9.93. The quantitative estimate of drug-likeness (QED) is 0.518. The summed E-state index contributed by atoms with van der Waals surface area (Å²) >= 11 is 0. The number of amides is 3. The molecular formula is C21H31N3O6S. The number of hydrogen-bond acceptors (Lipinski definition) is 6. The zero-order chi connectivity index (χ0) is 22.4. The van der Waals surface area contributed by atoms with E-state index in [9.17, 15) is 27.9 Å². The SMILES string of the molecule is CN1CCCCC=C[C@@H]2C[C@@]2(C(=O)NS(=O)(=O)C2CC2)NC(=O)C2C[C@@H](O)C[C@H]2C1=O. The van der Waals surface area contributed by atoms with Crippen molar-refractivity contribution in [3.63, 3.8) is 0 Å². The average molecular weight is 454 g/mol. The second kappa shape index (κ2) is 8.20. The van der Waals surface area contributed by atoms with Gasteiger partial charge in [-0.1, -0.05) is 12.2 Å². The van der Waals surface area contributed by atoms with Crippen molar-refractivity contribution in [3.8, 4) is 0 Å². The highest BCUT2D eigenvalue weighted by atomic mass is 32.2. The molecule has 31 heavy (non-hydrogen) atoms. The lowest BCUT2D eigenvalue weighted by molar-refractivity contribution is -0.140. The first-order chi connectivity index (χ1) is 14.6. The zero-order valence-corrected chi connectivity index (χ0v) is 18.6. The maximum Gasteiger partial charge on any atom is 0.259 e. The minimum absolute atomic E-state index is 0.147. The van der Waals surface area contributed by atoms with Crippen molar-refractivity contribution in [2.45, 2.75) is 68.3 Å². The van der Waals surface area contributed by atoms with Gasteiger partial charge in [0.05, 0.1) is 23.2 Å². The van der Waals surface area contributed by atoms with Crippen LogP contribution in [0.4, 0.5) is 0 Å². The molecule has 0 aromatic carbocycles. The Kier molecular flexibility index (Phi) is 5.89. The summed E-state index contributed by atoms with van der Waals surface area (Å²) in [5.74, 6) is -3.06. The van der Waals surface area contributed by atoms with Crippen LogP contribution in [0.25, 0.3) is 0 Å². The van der Waals surface area contributed by atoms with E-state index in [1.54, 1.807) is 11.9 Å². The highest BCUT2D eigenvalue weighted by Gasteiger charge is 2.62. The molecule has 0 bridgehead atoms. The molecule has 0 radical (unpaired) electrons. The molecule has 1 unspecified atom stereocenters. The van der Waals surface area contributed by atoms with E-state index in [4.69, 9.17) is 0 Å². The standard InChI is InChI=1S/C21H31N3O6S/c1-24-9-5-3-2-4-6-13-12-21(13,20(28)23-31(29,30)15-7-8-15)22-18(26)16-10-14(25)11-17(16)19(24)27/h4,6,13-17,25H,2-3,5,7-12H2,1H3,(H,22,26)(H,23,28)/t13-,14-,16?,17-,21-/m1/s1. The molecule has 3 saturated carbocycles. The Balaban J connectivity index is 1.58. The second-order valence-corrected chi connectivity index (χ2v) is 11.4. The third kappa shape index (κ3) is 4.50. The first-order valence-corrected chi connectivity index (χ1v) is 12.7. The molecule has 4 aliphatic rings. The molecule has 1 aliphatic heterocycles. The number of rotatable bonds is 3. The summed E-state index contributed by atoms with van der Waals surface area (Å²) in [6.45, 7) is 0.586. The molecule has 0 saturated heterocycles. The Morgan fingerprint density at radius 3 is 2.65 bits per heavy atom. The molecule has 1 heterocycles. The Morgan fingerprint density at radius 1 is 1.23 bits per heavy atom. The summed E-state index contributed by atoms with van der Waals surface area (Å²) in [6.07, 6.45) is 7.27. The van der Waals surface area contributed by atoms with Crippen LogP contribution in [0, 0.1) is 17.8 Å². The molecule has 10 heteroatoms. The molecule has 3 N–H and O–H groups in total. The molecule has 3 fully saturated rings. The number of aliphatic hydroxyl groups is 1. The van der Waals surface area contributed by atoms with Crippen LogP contribution in [-0.2, 0) is 24.4 Å². The van der Waals surface area contributed by atoms with Crippen molar-refractivity contribution in [1.29, 1.82) is 0 Å². The topological polar surface area (TPSA) is 133 Å². The fourth-order valence-corrected chi connectivity index (χ4v) is 6.18. The number of aliphatic hydroxyl groups excluding tert-OH is 1. The van der Waals surface area contributed by atoms with Gasteiger partial charge in [-0.2, -0.15) is 0 Å². The van der Waals surface area contributed by atoms with Crippen LogP contribution in [0.15, 0.2) is 12.2 Å². The molecule has 9 nitrogen and oxygen atoms in total. The van der Waals surface area contributed by atoms with Crippen molar-refractivity contribution in [2.24, 2.45) is 17.8 Å². The number of nitrogens with zero attached hydrogens (tertiary/aromatic N) is 1. The average Bonchev–Trinajstić information content (AvgIpc) is 3.61. The van der Waals surface area contributed by atoms with Crippen LogP contribution in [0.3, 0.4) is 0 Å². The smallest absolute Gasteiger partial charge is 0.259 e. The van der Waals surface area contributed by atoms with E-state index < -0.39 is 50.6 Å². The summed E-state index contributed by atoms with van der Waals surface area (Å²) in [4.78, 5) is 40.7. The van der Waals surface area contributed by atoms with E-state index in [1.807, 2.05) is 12.2 Å². The van der Waals surface area contributed by atoms with Gasteiger partial charge < -0.3 is 15.3 Å². The minimum Gasteiger partial charge on any atom is -0.393 e. The lowest BCUT2D eigenvalue weighted by Gasteiger charge is -2.26. The molecule has 5 atom stereocenters. The first-order valence-electron chi connectivity index (χ1n) is 11.1. The monoisotopic (exact) mass is 453 g/mol. The second-order valence-electron chi connectivity index (χ2n) is 9.47. The van der Waals surface area contributed by atoms with Crippen molar-refractivity contribution >= 4 is 27.7 Å². The van der Waals surface area contributed by atoms with Gasteiger partial charge in [-0.15, -0.1) is 0 Å². The molecule has 0 spiro atoms. The maximum absolute atomic E-state index is 13.2. The van der Waals surface area contributed by atoms with E-state index in [0.717, 1.165) is 19.3 Å². The molecule has 4 rings (SSSR count). The van der Waals surface area contributed by atoms with Gasteiger partial charge in [0.2, 0.25) is 21.8 Å². The van der Waals surface area contributed by atoms with Crippen molar-refractivity contribution < 1.29 is 27.9 Å². The van der Waals surface area contributed by atoms with Gasteiger partial charge >= 0.3 is 0 Å². The number of fused-ring (bicyclic) bond motifs is 2. The fourth-order valence-electron chi connectivity index (χ4n) is 4.81. The predicted octanol–water partition coefficient (Wildman–Crippen LogP) is 0.0553. The van der Waals surface area contributed by atoms with Gasteiger partial charge in [0.25, 0.3) is 5.91 Å². The number of hydrogen-bond donors (Lipinski definition) is 3. The third-order valence-electron chi connectivity index (χ3n) is 7.01. The van der Waals surface area contributed by atoms with Crippen LogP contribution in [0.5, 0.6) is 0 Å². The minimum atomic E-state index is -3.74. The van der Waals surface area contributed by atoms with Crippen molar-refractivity contribution in [2.75, 3.05) is 13.6 Å². The van der Waals surface area contributed by atoms with Crippen molar-refractivity contribution in [1.82, 2.24) is 14.9 Å². The maximum atomic E-state index is 13.2. The largest absolute Gasteiger partial charge is 0.393 e. The number of sulfonamides is 1. The van der Waals surface area contributed by atoms with Crippen molar-refractivity contribution in [3.05, 3.63) is 12.2 Å². The van der Waals surface area contributed by atoms with Crippen LogP contribution in [0.1, 0.15) is 51.4 Å². The Morgan fingerprint density at radius 2 is 1.94 bits per heavy atom. The molecular weight excluding hydrogens is 422 g/mol. The van der Waals surface area contributed by atoms with E-state index >= 15 is 0 Å². The van der Waals surface area contributed by atoms with E-state index in [0.29, 0.717) is 25.8 Å². The molecule has 3 amide bonds. The summed E-state index contributed by atoms with van der Waals surface area (Å²) < 4.78 is 26.8. The molecule has 0 aromatic rings. The first kappa shape index (κ1) is 22.3. The zero-order valence-electron chi connectivity index (χ0n) is 17.7. The summed E-state index contributed by atoms with van der Waals surface area (Å²) in [5, 5.41) is 12.4. The predicted molar refractivity (Wildman–Crippen MR) is 112 cm³/mol. The number of allylic oxidation sites excluding steroid dienone is 1. The number of nitrogens with one attached hydrogen (secondary N) is 2. The summed E-state index contributed by atoms with van der Waals surface area (Å²) in [7, 11) is -2.04. The van der Waals surface area contributed by atoms with Gasteiger partial charge in [-0.25, -0.2) is 8.42 Å². The summed E-state index contributed by atoms with van der Waals surface area (Å²) in [6, 6.07) is 0. The summed E-state index contributed by atoms with van der Waals surface area (Å²) in [5.41, 5.74) is -1.33. The Bertz CT molecular complexity index is 899. The fraction of sp³-hybridized carbons (Fsp3) is 0.762.